The van der Waals surface area contributed by atoms with Gasteiger partial charge in [0.1, 0.15) is 11.4 Å². The highest BCUT2D eigenvalue weighted by Gasteiger charge is 2.17. The van der Waals surface area contributed by atoms with E-state index in [0.717, 1.165) is 34.6 Å². The summed E-state index contributed by atoms with van der Waals surface area (Å²) >= 11 is 0. The van der Waals surface area contributed by atoms with Crippen LogP contribution in [-0.4, -0.2) is 11.0 Å². The molecule has 0 aliphatic rings. The van der Waals surface area contributed by atoms with Crippen molar-refractivity contribution in [3.8, 4) is 0 Å². The van der Waals surface area contributed by atoms with E-state index in [-0.39, 0.29) is 0 Å². The van der Waals surface area contributed by atoms with E-state index in [1.165, 1.54) is 0 Å². The van der Waals surface area contributed by atoms with Gasteiger partial charge < -0.3 is 15.1 Å². The highest BCUT2D eigenvalue weighted by Crippen LogP contribution is 2.28. The molecule has 2 aromatic heterocycles. The molecule has 3 rings (SSSR count). The molecule has 0 saturated heterocycles. The SMILES string of the molecule is CC(C)N(Cc1ccccc1N)c1nccc2occc12. The Morgan fingerprint density at radius 2 is 2.00 bits per heavy atom. The third-order valence-electron chi connectivity index (χ3n) is 3.65. The van der Waals surface area contributed by atoms with Crippen LogP contribution in [0.15, 0.2) is 53.3 Å². The molecule has 0 spiro atoms. The first kappa shape index (κ1) is 13.5. The van der Waals surface area contributed by atoms with E-state index in [9.17, 15) is 0 Å². The maximum Gasteiger partial charge on any atom is 0.140 e. The van der Waals surface area contributed by atoms with Crippen LogP contribution < -0.4 is 10.6 Å². The first-order valence-electron chi connectivity index (χ1n) is 7.09. The molecular formula is C17H19N3O. The number of furan rings is 1. The van der Waals surface area contributed by atoms with E-state index in [0.29, 0.717) is 6.04 Å². The molecule has 0 bridgehead atoms. The van der Waals surface area contributed by atoms with Gasteiger partial charge in [-0.05, 0) is 37.6 Å². The summed E-state index contributed by atoms with van der Waals surface area (Å²) < 4.78 is 5.47. The summed E-state index contributed by atoms with van der Waals surface area (Å²) in [5, 5.41) is 1.03. The van der Waals surface area contributed by atoms with Gasteiger partial charge in [-0.2, -0.15) is 0 Å². The largest absolute Gasteiger partial charge is 0.464 e. The van der Waals surface area contributed by atoms with Crippen molar-refractivity contribution in [3.63, 3.8) is 0 Å². The van der Waals surface area contributed by atoms with Crippen LogP contribution in [0.1, 0.15) is 19.4 Å². The van der Waals surface area contributed by atoms with Gasteiger partial charge in [0.05, 0.1) is 11.6 Å². The predicted octanol–water partition coefficient (Wildman–Crippen LogP) is 3.83. The number of hydrogen-bond acceptors (Lipinski definition) is 4. The zero-order chi connectivity index (χ0) is 14.8. The maximum atomic E-state index is 6.07. The van der Waals surface area contributed by atoms with E-state index in [4.69, 9.17) is 10.2 Å². The lowest BCUT2D eigenvalue weighted by atomic mass is 10.1. The molecule has 0 atom stereocenters. The highest BCUT2D eigenvalue weighted by atomic mass is 16.3. The van der Waals surface area contributed by atoms with Gasteiger partial charge in [-0.15, -0.1) is 0 Å². The summed E-state index contributed by atoms with van der Waals surface area (Å²) in [7, 11) is 0. The minimum absolute atomic E-state index is 0.303. The molecule has 1 aromatic carbocycles. The number of para-hydroxylation sites is 1. The Hall–Kier alpha value is -2.49. The topological polar surface area (TPSA) is 55.3 Å². The van der Waals surface area contributed by atoms with Crippen molar-refractivity contribution in [2.24, 2.45) is 0 Å². The van der Waals surface area contributed by atoms with Crippen LogP contribution in [0, 0.1) is 0 Å². The number of benzene rings is 1. The molecule has 0 radical (unpaired) electrons. The molecule has 4 heteroatoms. The standard InChI is InChI=1S/C17H19N3O/c1-12(2)20(11-13-5-3-4-6-15(13)18)17-14-8-10-21-16(14)7-9-19-17/h3-10,12H,11,18H2,1-2H3. The van der Waals surface area contributed by atoms with Gasteiger partial charge >= 0.3 is 0 Å². The molecule has 0 saturated carbocycles. The van der Waals surface area contributed by atoms with Crippen LogP contribution in [0.3, 0.4) is 0 Å². The monoisotopic (exact) mass is 281 g/mol. The molecule has 2 heterocycles. The lowest BCUT2D eigenvalue weighted by Crippen LogP contribution is -2.31. The van der Waals surface area contributed by atoms with Crippen molar-refractivity contribution in [2.75, 3.05) is 10.6 Å². The Morgan fingerprint density at radius 1 is 1.19 bits per heavy atom. The maximum absolute atomic E-state index is 6.07. The Kier molecular flexibility index (Phi) is 3.52. The summed E-state index contributed by atoms with van der Waals surface area (Å²) in [6.45, 7) is 5.03. The van der Waals surface area contributed by atoms with Crippen LogP contribution in [0.5, 0.6) is 0 Å². The summed E-state index contributed by atoms with van der Waals surface area (Å²) in [6, 6.07) is 12.1. The molecule has 0 aliphatic heterocycles. The van der Waals surface area contributed by atoms with Gasteiger partial charge in [0.25, 0.3) is 0 Å². The second-order valence-electron chi connectivity index (χ2n) is 5.39. The van der Waals surface area contributed by atoms with Crippen molar-refractivity contribution in [1.29, 1.82) is 0 Å². The van der Waals surface area contributed by atoms with Crippen molar-refractivity contribution < 1.29 is 4.42 Å². The zero-order valence-corrected chi connectivity index (χ0v) is 12.3. The fourth-order valence-corrected chi connectivity index (χ4v) is 2.47. The molecule has 0 unspecified atom stereocenters. The van der Waals surface area contributed by atoms with Crippen LogP contribution >= 0.6 is 0 Å². The number of fused-ring (bicyclic) bond motifs is 1. The quantitative estimate of drug-likeness (QED) is 0.738. The third kappa shape index (κ3) is 2.57. The van der Waals surface area contributed by atoms with E-state index >= 15 is 0 Å². The lowest BCUT2D eigenvalue weighted by Gasteiger charge is -2.29. The van der Waals surface area contributed by atoms with Crippen molar-refractivity contribution in [1.82, 2.24) is 4.98 Å². The number of nitrogens with two attached hydrogens (primary N) is 1. The average Bonchev–Trinajstić information content (AvgIpc) is 2.94. The number of nitrogens with zero attached hydrogens (tertiary/aromatic N) is 2. The van der Waals surface area contributed by atoms with Gasteiger partial charge in [0.15, 0.2) is 0 Å². The fourth-order valence-electron chi connectivity index (χ4n) is 2.47. The van der Waals surface area contributed by atoms with Gasteiger partial charge in [0.2, 0.25) is 0 Å². The minimum atomic E-state index is 0.303. The van der Waals surface area contributed by atoms with Gasteiger partial charge in [-0.25, -0.2) is 4.98 Å². The molecular weight excluding hydrogens is 262 g/mol. The molecule has 0 fully saturated rings. The number of anilines is 2. The normalized spacial score (nSPS) is 11.2. The number of hydrogen-bond donors (Lipinski definition) is 1. The number of pyridine rings is 1. The molecule has 2 N–H and O–H groups in total. The van der Waals surface area contributed by atoms with Crippen LogP contribution in [0.25, 0.3) is 11.0 Å². The summed E-state index contributed by atoms with van der Waals surface area (Å²) in [5.41, 5.74) is 8.84. The van der Waals surface area contributed by atoms with Gasteiger partial charge in [0, 0.05) is 24.5 Å². The smallest absolute Gasteiger partial charge is 0.140 e. The number of aromatic nitrogens is 1. The zero-order valence-electron chi connectivity index (χ0n) is 12.3. The molecule has 4 nitrogen and oxygen atoms in total. The lowest BCUT2D eigenvalue weighted by molar-refractivity contribution is 0.615. The molecule has 0 amide bonds. The Labute approximate surface area is 124 Å². The third-order valence-corrected chi connectivity index (χ3v) is 3.65. The van der Waals surface area contributed by atoms with E-state index in [2.05, 4.69) is 29.8 Å². The Balaban J connectivity index is 2.03. The second kappa shape index (κ2) is 5.48. The second-order valence-corrected chi connectivity index (χ2v) is 5.39. The number of rotatable bonds is 4. The van der Waals surface area contributed by atoms with Crippen molar-refractivity contribution in [2.45, 2.75) is 26.4 Å². The summed E-state index contributed by atoms with van der Waals surface area (Å²) in [6.07, 6.45) is 3.48. The molecule has 108 valence electrons. The van der Waals surface area contributed by atoms with E-state index in [1.54, 1.807) is 12.5 Å². The molecule has 3 aromatic rings. The van der Waals surface area contributed by atoms with Crippen LogP contribution in [0.4, 0.5) is 11.5 Å². The van der Waals surface area contributed by atoms with Gasteiger partial charge in [-0.1, -0.05) is 18.2 Å². The van der Waals surface area contributed by atoms with E-state index < -0.39 is 0 Å². The van der Waals surface area contributed by atoms with Crippen molar-refractivity contribution >= 4 is 22.5 Å². The first-order chi connectivity index (χ1) is 10.2. The van der Waals surface area contributed by atoms with Crippen LogP contribution in [0.2, 0.25) is 0 Å². The summed E-state index contributed by atoms with van der Waals surface area (Å²) in [4.78, 5) is 6.79. The first-order valence-corrected chi connectivity index (χ1v) is 7.09. The predicted molar refractivity (Wildman–Crippen MR) is 86.2 cm³/mol. The summed E-state index contributed by atoms with van der Waals surface area (Å²) in [5.74, 6) is 0.930. The fraction of sp³-hybridized carbons (Fsp3) is 0.235. The van der Waals surface area contributed by atoms with Gasteiger partial charge in [-0.3, -0.25) is 0 Å². The molecule has 0 aliphatic carbocycles. The highest BCUT2D eigenvalue weighted by molar-refractivity contribution is 5.88. The van der Waals surface area contributed by atoms with Crippen LogP contribution in [-0.2, 0) is 6.54 Å². The molecule has 21 heavy (non-hydrogen) atoms. The van der Waals surface area contributed by atoms with E-state index in [1.807, 2.05) is 30.3 Å². The minimum Gasteiger partial charge on any atom is -0.464 e. The Morgan fingerprint density at radius 3 is 2.76 bits per heavy atom. The van der Waals surface area contributed by atoms with Crippen molar-refractivity contribution in [3.05, 3.63) is 54.4 Å². The number of nitrogen functional groups attached to an aromatic ring is 1. The Bertz CT molecular complexity index is 748. The average molecular weight is 281 g/mol.